The van der Waals surface area contributed by atoms with Crippen LogP contribution in [0.1, 0.15) is 35.1 Å². The molecule has 0 atom stereocenters. The Bertz CT molecular complexity index is 1130. The third kappa shape index (κ3) is 6.78. The minimum atomic E-state index is -4.49. The Morgan fingerprint density at radius 3 is 2.39 bits per heavy atom. The number of likely N-dealkylation sites (N-methyl/N-ethyl adjacent to an activating group) is 1. The van der Waals surface area contributed by atoms with E-state index in [0.717, 1.165) is 55.2 Å². The zero-order valence-electron chi connectivity index (χ0n) is 22.1. The second-order valence-electron chi connectivity index (χ2n) is 10.2. The van der Waals surface area contributed by atoms with Crippen LogP contribution in [0.4, 0.5) is 23.7 Å². The molecule has 38 heavy (non-hydrogen) atoms. The number of hydrogen-bond acceptors (Lipinski definition) is 4. The van der Waals surface area contributed by atoms with Crippen LogP contribution in [0.3, 0.4) is 0 Å². The molecule has 10 heteroatoms. The van der Waals surface area contributed by atoms with E-state index in [-0.39, 0.29) is 30.6 Å². The monoisotopic (exact) mass is 531 g/mol. The molecule has 1 fully saturated rings. The Hall–Kier alpha value is -3.27. The molecule has 0 saturated carbocycles. The molecule has 2 heterocycles. The molecule has 7 nitrogen and oxygen atoms in total. The van der Waals surface area contributed by atoms with Crippen molar-refractivity contribution in [3.8, 4) is 0 Å². The fourth-order valence-electron chi connectivity index (χ4n) is 5.05. The highest BCUT2D eigenvalue weighted by molar-refractivity contribution is 5.81. The fourth-order valence-corrected chi connectivity index (χ4v) is 5.05. The smallest absolute Gasteiger partial charge is 0.376 e. The van der Waals surface area contributed by atoms with Gasteiger partial charge in [0.15, 0.2) is 0 Å². The number of carbonyl (C=O) groups is 2. The standard InChI is InChI=1S/C28H36F3N5O2/c1-33(2)16-17-35(19-22-8-3-4-10-24(22)28(29,30)31)26(37)18-32-25-11-7-9-21-12-15-36(20-23(21)25)27(38)34-13-5-6-14-34/h3-4,7-11,32H,5-6,12-20H2,1-2H3. The second-order valence-corrected chi connectivity index (χ2v) is 10.2. The lowest BCUT2D eigenvalue weighted by Crippen LogP contribution is -2.44. The maximum Gasteiger partial charge on any atom is 0.416 e. The number of fused-ring (bicyclic) bond motifs is 1. The number of hydrogen-bond donors (Lipinski definition) is 1. The molecule has 0 aromatic heterocycles. The number of anilines is 1. The summed E-state index contributed by atoms with van der Waals surface area (Å²) in [6, 6.07) is 11.3. The summed E-state index contributed by atoms with van der Waals surface area (Å²) in [7, 11) is 3.71. The van der Waals surface area contributed by atoms with Crippen LogP contribution in [0.25, 0.3) is 0 Å². The van der Waals surface area contributed by atoms with Gasteiger partial charge >= 0.3 is 12.2 Å². The van der Waals surface area contributed by atoms with Gasteiger partial charge in [0.1, 0.15) is 0 Å². The summed E-state index contributed by atoms with van der Waals surface area (Å²) in [5.41, 5.74) is 2.24. The predicted octanol–water partition coefficient (Wildman–Crippen LogP) is 4.28. The highest BCUT2D eigenvalue weighted by Crippen LogP contribution is 2.32. The van der Waals surface area contributed by atoms with E-state index in [1.165, 1.54) is 17.0 Å². The van der Waals surface area contributed by atoms with Crippen molar-refractivity contribution >= 4 is 17.6 Å². The van der Waals surface area contributed by atoms with Crippen LogP contribution in [0, 0.1) is 0 Å². The summed E-state index contributed by atoms with van der Waals surface area (Å²) in [5.74, 6) is -0.290. The topological polar surface area (TPSA) is 59.1 Å². The molecule has 0 unspecified atom stereocenters. The number of urea groups is 1. The van der Waals surface area contributed by atoms with E-state index in [0.29, 0.717) is 26.2 Å². The van der Waals surface area contributed by atoms with E-state index < -0.39 is 11.7 Å². The minimum Gasteiger partial charge on any atom is -0.376 e. The molecule has 0 spiro atoms. The number of rotatable bonds is 8. The Morgan fingerprint density at radius 1 is 0.947 bits per heavy atom. The second kappa shape index (κ2) is 12.1. The number of nitrogens with one attached hydrogen (secondary N) is 1. The van der Waals surface area contributed by atoms with E-state index in [4.69, 9.17) is 0 Å². The number of likely N-dealkylation sites (tertiary alicyclic amines) is 1. The number of alkyl halides is 3. The Balaban J connectivity index is 1.47. The Morgan fingerprint density at radius 2 is 1.68 bits per heavy atom. The lowest BCUT2D eigenvalue weighted by Gasteiger charge is -2.33. The van der Waals surface area contributed by atoms with Crippen LogP contribution in [0.15, 0.2) is 42.5 Å². The lowest BCUT2D eigenvalue weighted by atomic mass is 9.98. The molecule has 3 amide bonds. The molecule has 0 radical (unpaired) electrons. The van der Waals surface area contributed by atoms with Gasteiger partial charge in [-0.05, 0) is 62.2 Å². The van der Waals surface area contributed by atoms with Gasteiger partial charge in [-0.3, -0.25) is 4.79 Å². The van der Waals surface area contributed by atoms with Gasteiger partial charge in [0.2, 0.25) is 5.91 Å². The van der Waals surface area contributed by atoms with Crippen molar-refractivity contribution in [3.05, 3.63) is 64.7 Å². The highest BCUT2D eigenvalue weighted by atomic mass is 19.4. The molecule has 2 aliphatic heterocycles. The zero-order valence-corrected chi connectivity index (χ0v) is 22.1. The number of amides is 3. The van der Waals surface area contributed by atoms with Gasteiger partial charge < -0.3 is 24.9 Å². The maximum atomic E-state index is 13.6. The van der Waals surface area contributed by atoms with E-state index in [1.54, 1.807) is 6.07 Å². The van der Waals surface area contributed by atoms with E-state index in [9.17, 15) is 22.8 Å². The van der Waals surface area contributed by atoms with Crippen molar-refractivity contribution in [2.45, 2.75) is 38.5 Å². The summed E-state index contributed by atoms with van der Waals surface area (Å²) in [4.78, 5) is 33.4. The summed E-state index contributed by atoms with van der Waals surface area (Å²) >= 11 is 0. The van der Waals surface area contributed by atoms with Crippen LogP contribution in [-0.4, -0.2) is 84.9 Å². The third-order valence-electron chi connectivity index (χ3n) is 7.20. The van der Waals surface area contributed by atoms with E-state index >= 15 is 0 Å². The molecule has 0 aliphatic carbocycles. The first-order valence-electron chi connectivity index (χ1n) is 13.1. The number of benzene rings is 2. The normalized spacial score (nSPS) is 15.5. The lowest BCUT2D eigenvalue weighted by molar-refractivity contribution is -0.139. The summed E-state index contributed by atoms with van der Waals surface area (Å²) in [6.07, 6.45) is -1.69. The van der Waals surface area contributed by atoms with Gasteiger partial charge in [-0.25, -0.2) is 4.79 Å². The van der Waals surface area contributed by atoms with Crippen molar-refractivity contribution in [2.75, 3.05) is 58.7 Å². The van der Waals surface area contributed by atoms with Gasteiger partial charge in [0.05, 0.1) is 12.1 Å². The first kappa shape index (κ1) is 27.8. The third-order valence-corrected chi connectivity index (χ3v) is 7.20. The number of nitrogens with zero attached hydrogens (tertiary/aromatic N) is 4. The molecule has 1 N–H and O–H groups in total. The summed E-state index contributed by atoms with van der Waals surface area (Å²) in [5, 5.41) is 3.22. The van der Waals surface area contributed by atoms with E-state index in [1.807, 2.05) is 47.0 Å². The van der Waals surface area contributed by atoms with Crippen molar-refractivity contribution < 1.29 is 22.8 Å². The Labute approximate surface area is 222 Å². The highest BCUT2D eigenvalue weighted by Gasteiger charge is 2.34. The molecule has 0 bridgehead atoms. The van der Waals surface area contributed by atoms with Gasteiger partial charge in [0.25, 0.3) is 0 Å². The minimum absolute atomic E-state index is 0.0530. The van der Waals surface area contributed by atoms with Gasteiger partial charge in [-0.2, -0.15) is 13.2 Å². The zero-order chi connectivity index (χ0) is 27.3. The molecule has 2 aromatic carbocycles. The fraction of sp³-hybridized carbons (Fsp3) is 0.500. The van der Waals surface area contributed by atoms with E-state index in [2.05, 4.69) is 5.32 Å². The first-order chi connectivity index (χ1) is 18.1. The van der Waals surface area contributed by atoms with Crippen molar-refractivity contribution in [1.82, 2.24) is 19.6 Å². The summed E-state index contributed by atoms with van der Waals surface area (Å²) < 4.78 is 40.7. The van der Waals surface area contributed by atoms with Crippen LogP contribution < -0.4 is 5.32 Å². The first-order valence-corrected chi connectivity index (χ1v) is 13.1. The largest absolute Gasteiger partial charge is 0.416 e. The number of halogens is 3. The van der Waals surface area contributed by atoms with Crippen LogP contribution in [0.2, 0.25) is 0 Å². The molecule has 206 valence electrons. The van der Waals surface area contributed by atoms with Crippen molar-refractivity contribution in [1.29, 1.82) is 0 Å². The average Bonchev–Trinajstić information content (AvgIpc) is 3.43. The van der Waals surface area contributed by atoms with Crippen LogP contribution >= 0.6 is 0 Å². The maximum absolute atomic E-state index is 13.6. The van der Waals surface area contributed by atoms with Crippen LogP contribution in [-0.2, 0) is 30.5 Å². The van der Waals surface area contributed by atoms with Gasteiger partial charge in [0, 0.05) is 51.5 Å². The Kier molecular flexibility index (Phi) is 8.81. The molecule has 2 aromatic rings. The molecular formula is C28H36F3N5O2. The van der Waals surface area contributed by atoms with Crippen molar-refractivity contribution in [3.63, 3.8) is 0 Å². The molecule has 1 saturated heterocycles. The molecule has 2 aliphatic rings. The SMILES string of the molecule is CN(C)CCN(Cc1ccccc1C(F)(F)F)C(=O)CNc1cccc2c1CN(C(=O)N1CCCC1)CC2. The average molecular weight is 532 g/mol. The van der Waals surface area contributed by atoms with Crippen LogP contribution in [0.5, 0.6) is 0 Å². The van der Waals surface area contributed by atoms with Crippen molar-refractivity contribution in [2.24, 2.45) is 0 Å². The van der Waals surface area contributed by atoms with Gasteiger partial charge in [-0.1, -0.05) is 30.3 Å². The summed E-state index contributed by atoms with van der Waals surface area (Å²) in [6.45, 7) is 3.33. The molecule has 4 rings (SSSR count). The molecular weight excluding hydrogens is 495 g/mol. The quantitative estimate of drug-likeness (QED) is 0.553. The predicted molar refractivity (Wildman–Crippen MR) is 141 cm³/mol. The number of carbonyl (C=O) groups excluding carboxylic acids is 2. The van der Waals surface area contributed by atoms with Gasteiger partial charge in [-0.15, -0.1) is 0 Å².